The molecule has 0 spiro atoms. The number of hydrogen-bond donors (Lipinski definition) is 2. The number of hydrogen-bond acceptors (Lipinski definition) is 3. The van der Waals surface area contributed by atoms with Gasteiger partial charge in [0.15, 0.2) is 0 Å². The molecule has 1 aliphatic heterocycles. The van der Waals surface area contributed by atoms with Crippen LogP contribution in [-0.2, 0) is 15.4 Å². The number of benzene rings is 2. The fourth-order valence-corrected chi connectivity index (χ4v) is 6.23. The summed E-state index contributed by atoms with van der Waals surface area (Å²) in [6, 6.07) is 12.7. The highest BCUT2D eigenvalue weighted by Gasteiger charge is 2.50. The predicted molar refractivity (Wildman–Crippen MR) is 117 cm³/mol. The molecule has 0 amide bonds. The molecular formula is C21H22BrClN2O2S. The highest BCUT2D eigenvalue weighted by atomic mass is 79.9. The van der Waals surface area contributed by atoms with Crippen LogP contribution in [0.4, 0.5) is 5.69 Å². The summed E-state index contributed by atoms with van der Waals surface area (Å²) in [5.41, 5.74) is 3.25. The first kappa shape index (κ1) is 20.0. The Kier molecular flexibility index (Phi) is 5.33. The van der Waals surface area contributed by atoms with Crippen LogP contribution in [0.25, 0.3) is 0 Å². The van der Waals surface area contributed by atoms with E-state index in [0.29, 0.717) is 18.0 Å². The van der Waals surface area contributed by atoms with E-state index >= 15 is 0 Å². The molecule has 148 valence electrons. The standard InChI is InChI=1S/C21H22BrClN2O2S/c1-14-4-2-7-19-21(14,17-5-3-6-18(22)20(17)25-19)12-13-24-28(26,27)16-10-8-15(23)9-11-16/h3,5-6,8-11,19,24-25H,1-2,4,7,12-13H2. The summed E-state index contributed by atoms with van der Waals surface area (Å²) in [6.07, 6.45) is 3.78. The van der Waals surface area contributed by atoms with Crippen LogP contribution in [0.15, 0.2) is 64.0 Å². The van der Waals surface area contributed by atoms with Crippen LogP contribution in [0.5, 0.6) is 0 Å². The van der Waals surface area contributed by atoms with Gasteiger partial charge in [-0.3, -0.25) is 0 Å². The molecule has 28 heavy (non-hydrogen) atoms. The van der Waals surface area contributed by atoms with Gasteiger partial charge >= 0.3 is 0 Å². The van der Waals surface area contributed by atoms with Crippen molar-refractivity contribution in [1.82, 2.24) is 4.72 Å². The van der Waals surface area contributed by atoms with Crippen molar-refractivity contribution >= 4 is 43.2 Å². The molecule has 2 aromatic rings. The van der Waals surface area contributed by atoms with E-state index in [4.69, 9.17) is 11.6 Å². The number of para-hydroxylation sites is 1. The SMILES string of the molecule is C=C1CCCC2Nc3c(Br)cccc3C12CCNS(=O)(=O)c1ccc(Cl)cc1. The predicted octanol–water partition coefficient (Wildman–Crippen LogP) is 5.24. The number of halogens is 2. The topological polar surface area (TPSA) is 58.2 Å². The van der Waals surface area contributed by atoms with E-state index in [1.807, 2.05) is 12.1 Å². The Morgan fingerprint density at radius 3 is 2.75 bits per heavy atom. The Labute approximate surface area is 179 Å². The lowest BCUT2D eigenvalue weighted by atomic mass is 9.63. The third-order valence-corrected chi connectivity index (χ3v) is 8.34. The minimum Gasteiger partial charge on any atom is -0.380 e. The fourth-order valence-electron chi connectivity index (χ4n) is 4.59. The van der Waals surface area contributed by atoms with E-state index in [1.54, 1.807) is 12.1 Å². The van der Waals surface area contributed by atoms with Crippen LogP contribution in [0.2, 0.25) is 5.02 Å². The van der Waals surface area contributed by atoms with Crippen LogP contribution in [0.1, 0.15) is 31.2 Å². The maximum absolute atomic E-state index is 12.7. The van der Waals surface area contributed by atoms with Gasteiger partial charge in [0, 0.05) is 27.5 Å². The minimum absolute atomic E-state index is 0.223. The summed E-state index contributed by atoms with van der Waals surface area (Å²) in [5, 5.41) is 4.17. The number of nitrogens with one attached hydrogen (secondary N) is 2. The molecule has 1 aliphatic carbocycles. The highest BCUT2D eigenvalue weighted by Crippen LogP contribution is 2.54. The van der Waals surface area contributed by atoms with Crippen LogP contribution >= 0.6 is 27.5 Å². The average molecular weight is 482 g/mol. The molecule has 2 atom stereocenters. The van der Waals surface area contributed by atoms with E-state index in [9.17, 15) is 8.42 Å². The summed E-state index contributed by atoms with van der Waals surface area (Å²) in [5.74, 6) is 0. The lowest BCUT2D eigenvalue weighted by Gasteiger charge is -2.42. The second kappa shape index (κ2) is 7.48. The van der Waals surface area contributed by atoms with Crippen molar-refractivity contribution in [3.63, 3.8) is 0 Å². The normalized spacial score (nSPS) is 23.8. The third-order valence-electron chi connectivity index (χ3n) is 5.95. The molecule has 0 aromatic heterocycles. The molecular weight excluding hydrogens is 460 g/mol. The second-order valence-corrected chi connectivity index (χ2v) is 10.5. The van der Waals surface area contributed by atoms with E-state index < -0.39 is 10.0 Å². The van der Waals surface area contributed by atoms with E-state index in [0.717, 1.165) is 29.4 Å². The first-order valence-electron chi connectivity index (χ1n) is 9.33. The fraction of sp³-hybridized carbons (Fsp3) is 0.333. The zero-order chi connectivity index (χ0) is 19.9. The largest absolute Gasteiger partial charge is 0.380 e. The van der Waals surface area contributed by atoms with E-state index in [1.165, 1.54) is 23.3 Å². The smallest absolute Gasteiger partial charge is 0.240 e. The van der Waals surface area contributed by atoms with E-state index in [-0.39, 0.29) is 16.4 Å². The molecule has 7 heteroatoms. The van der Waals surface area contributed by atoms with Crippen molar-refractivity contribution in [2.75, 3.05) is 11.9 Å². The molecule has 0 radical (unpaired) electrons. The van der Waals surface area contributed by atoms with Crippen LogP contribution < -0.4 is 10.0 Å². The van der Waals surface area contributed by atoms with Crippen LogP contribution in [0.3, 0.4) is 0 Å². The zero-order valence-corrected chi connectivity index (χ0v) is 18.5. The van der Waals surface area contributed by atoms with Crippen LogP contribution in [-0.4, -0.2) is 21.0 Å². The van der Waals surface area contributed by atoms with Gasteiger partial charge in [-0.25, -0.2) is 13.1 Å². The van der Waals surface area contributed by atoms with Crippen molar-refractivity contribution < 1.29 is 8.42 Å². The molecule has 2 unspecified atom stereocenters. The van der Waals surface area contributed by atoms with Gasteiger partial charge in [0.05, 0.1) is 10.6 Å². The van der Waals surface area contributed by atoms with Crippen molar-refractivity contribution in [2.24, 2.45) is 0 Å². The first-order valence-corrected chi connectivity index (χ1v) is 12.0. The summed E-state index contributed by atoms with van der Waals surface area (Å²) in [4.78, 5) is 0.223. The quantitative estimate of drug-likeness (QED) is 0.574. The molecule has 1 heterocycles. The van der Waals surface area contributed by atoms with Gasteiger partial charge in [0.25, 0.3) is 0 Å². The molecule has 2 aliphatic rings. The molecule has 0 bridgehead atoms. The number of fused-ring (bicyclic) bond motifs is 3. The van der Waals surface area contributed by atoms with Crippen LogP contribution in [0, 0.1) is 0 Å². The third kappa shape index (κ3) is 3.30. The van der Waals surface area contributed by atoms with Crippen molar-refractivity contribution in [3.05, 3.63) is 69.7 Å². The first-order chi connectivity index (χ1) is 13.3. The lowest BCUT2D eigenvalue weighted by molar-refractivity contribution is 0.344. The van der Waals surface area contributed by atoms with Gasteiger partial charge in [0.2, 0.25) is 10.0 Å². The molecule has 0 saturated heterocycles. The maximum Gasteiger partial charge on any atom is 0.240 e. The van der Waals surface area contributed by atoms with Crippen molar-refractivity contribution in [2.45, 2.75) is 42.0 Å². The molecule has 2 N–H and O–H groups in total. The van der Waals surface area contributed by atoms with Gasteiger partial charge in [-0.05, 0) is 77.5 Å². The van der Waals surface area contributed by atoms with E-state index in [2.05, 4.69) is 38.6 Å². The molecule has 4 rings (SSSR count). The average Bonchev–Trinajstić information content (AvgIpc) is 2.99. The molecule has 1 saturated carbocycles. The van der Waals surface area contributed by atoms with Gasteiger partial charge in [0.1, 0.15) is 0 Å². The molecule has 2 aromatic carbocycles. The Morgan fingerprint density at radius 2 is 2.00 bits per heavy atom. The van der Waals surface area contributed by atoms with Gasteiger partial charge < -0.3 is 5.32 Å². The zero-order valence-electron chi connectivity index (χ0n) is 15.3. The summed E-state index contributed by atoms with van der Waals surface area (Å²) >= 11 is 9.52. The summed E-state index contributed by atoms with van der Waals surface area (Å²) < 4.78 is 29.1. The Hall–Kier alpha value is -1.34. The summed E-state index contributed by atoms with van der Waals surface area (Å²) in [7, 11) is -3.58. The van der Waals surface area contributed by atoms with Gasteiger partial charge in [-0.15, -0.1) is 0 Å². The lowest BCUT2D eigenvalue weighted by Crippen LogP contribution is -2.45. The Balaban J connectivity index is 1.60. The monoisotopic (exact) mass is 480 g/mol. The van der Waals surface area contributed by atoms with Crippen molar-refractivity contribution in [3.8, 4) is 0 Å². The van der Waals surface area contributed by atoms with Crippen molar-refractivity contribution in [1.29, 1.82) is 0 Å². The number of rotatable bonds is 5. The number of sulfonamides is 1. The van der Waals surface area contributed by atoms with Gasteiger partial charge in [-0.1, -0.05) is 35.9 Å². The molecule has 4 nitrogen and oxygen atoms in total. The highest BCUT2D eigenvalue weighted by molar-refractivity contribution is 9.10. The Morgan fingerprint density at radius 1 is 1.25 bits per heavy atom. The second-order valence-electron chi connectivity index (χ2n) is 7.43. The van der Waals surface area contributed by atoms with Gasteiger partial charge in [-0.2, -0.15) is 0 Å². The maximum atomic E-state index is 12.7. The number of anilines is 1. The minimum atomic E-state index is -3.58. The molecule has 1 fully saturated rings. The summed E-state index contributed by atoms with van der Waals surface area (Å²) in [6.45, 7) is 4.73. The Bertz CT molecular complexity index is 1020.